The van der Waals surface area contributed by atoms with E-state index in [9.17, 15) is 4.79 Å². The fraction of sp³-hybridized carbons (Fsp3) is 0.318. The van der Waals surface area contributed by atoms with Crippen molar-refractivity contribution in [1.29, 1.82) is 0 Å². The Bertz CT molecular complexity index is 938. The maximum absolute atomic E-state index is 12.6. The van der Waals surface area contributed by atoms with Crippen molar-refractivity contribution in [3.63, 3.8) is 0 Å². The van der Waals surface area contributed by atoms with Gasteiger partial charge in [0.25, 0.3) is 0 Å². The van der Waals surface area contributed by atoms with Gasteiger partial charge in [-0.3, -0.25) is 4.79 Å². The van der Waals surface area contributed by atoms with Gasteiger partial charge in [-0.15, -0.1) is 0 Å². The van der Waals surface area contributed by atoms with E-state index in [1.807, 2.05) is 29.2 Å². The molecule has 0 saturated carbocycles. The van der Waals surface area contributed by atoms with E-state index >= 15 is 0 Å². The molecule has 4 rings (SSSR count). The molecule has 1 amide bonds. The molecule has 1 saturated heterocycles. The number of carbonyl (C=O) groups excluding carboxylic acids is 1. The van der Waals surface area contributed by atoms with Crippen LogP contribution in [0.4, 0.5) is 0 Å². The standard InChI is InChI=1S/C22H23ClN2O/c1-15-3-2-4-16(11-15)12-22(26)25-9-7-17(8-10-25)20-14-24-21-13-18(23)5-6-19(20)21/h2-6,11,13-14,17,24H,7-10,12H2,1H3. The van der Waals surface area contributed by atoms with Crippen LogP contribution in [0.2, 0.25) is 5.02 Å². The first kappa shape index (κ1) is 17.2. The Balaban J connectivity index is 1.41. The van der Waals surface area contributed by atoms with E-state index in [-0.39, 0.29) is 5.91 Å². The van der Waals surface area contributed by atoms with Crippen molar-refractivity contribution >= 4 is 28.4 Å². The predicted octanol–water partition coefficient (Wildman–Crippen LogP) is 5.08. The van der Waals surface area contributed by atoms with Crippen molar-refractivity contribution in [1.82, 2.24) is 9.88 Å². The molecule has 0 aliphatic carbocycles. The summed E-state index contributed by atoms with van der Waals surface area (Å²) in [6, 6.07) is 14.2. The number of aromatic nitrogens is 1. The topological polar surface area (TPSA) is 36.1 Å². The number of nitrogens with zero attached hydrogens (tertiary/aromatic N) is 1. The van der Waals surface area contributed by atoms with Gasteiger partial charge in [-0.1, -0.05) is 47.5 Å². The smallest absolute Gasteiger partial charge is 0.226 e. The summed E-state index contributed by atoms with van der Waals surface area (Å²) in [7, 11) is 0. The third kappa shape index (κ3) is 3.49. The molecule has 1 aliphatic heterocycles. The largest absolute Gasteiger partial charge is 0.361 e. The third-order valence-corrected chi connectivity index (χ3v) is 5.64. The van der Waals surface area contributed by atoms with Crippen molar-refractivity contribution in [3.8, 4) is 0 Å². The van der Waals surface area contributed by atoms with Gasteiger partial charge in [0.2, 0.25) is 5.91 Å². The average molecular weight is 367 g/mol. The number of H-pyrrole nitrogens is 1. The molecule has 0 unspecified atom stereocenters. The van der Waals surface area contributed by atoms with Gasteiger partial charge in [0.1, 0.15) is 0 Å². The van der Waals surface area contributed by atoms with E-state index < -0.39 is 0 Å². The number of hydrogen-bond donors (Lipinski definition) is 1. The lowest BCUT2D eigenvalue weighted by Gasteiger charge is -2.32. The summed E-state index contributed by atoms with van der Waals surface area (Å²) in [5.41, 5.74) is 4.74. The van der Waals surface area contributed by atoms with Crippen molar-refractivity contribution in [2.24, 2.45) is 0 Å². The van der Waals surface area contributed by atoms with Gasteiger partial charge in [-0.25, -0.2) is 0 Å². The van der Waals surface area contributed by atoms with Gasteiger partial charge in [0.05, 0.1) is 6.42 Å². The van der Waals surface area contributed by atoms with E-state index in [0.717, 1.165) is 42.0 Å². The second kappa shape index (κ2) is 7.16. The van der Waals surface area contributed by atoms with Gasteiger partial charge >= 0.3 is 0 Å². The van der Waals surface area contributed by atoms with Crippen LogP contribution in [-0.4, -0.2) is 28.9 Å². The summed E-state index contributed by atoms with van der Waals surface area (Å²) in [4.78, 5) is 18.0. The van der Waals surface area contributed by atoms with Gasteiger partial charge in [0, 0.05) is 35.2 Å². The zero-order chi connectivity index (χ0) is 18.1. The molecule has 3 nitrogen and oxygen atoms in total. The number of piperidine rings is 1. The zero-order valence-electron chi connectivity index (χ0n) is 15.0. The minimum Gasteiger partial charge on any atom is -0.361 e. The van der Waals surface area contributed by atoms with Crippen LogP contribution in [-0.2, 0) is 11.2 Å². The van der Waals surface area contributed by atoms with Crippen molar-refractivity contribution in [2.45, 2.75) is 32.1 Å². The molecule has 1 aromatic heterocycles. The SMILES string of the molecule is Cc1cccc(CC(=O)N2CCC(c3c[nH]c4cc(Cl)ccc34)CC2)c1. The molecule has 2 heterocycles. The van der Waals surface area contributed by atoms with Gasteiger partial charge < -0.3 is 9.88 Å². The third-order valence-electron chi connectivity index (χ3n) is 5.40. The molecular weight excluding hydrogens is 344 g/mol. The number of likely N-dealkylation sites (tertiary alicyclic amines) is 1. The summed E-state index contributed by atoms with van der Waals surface area (Å²) < 4.78 is 0. The van der Waals surface area contributed by atoms with Gasteiger partial charge in [0.15, 0.2) is 0 Å². The fourth-order valence-electron chi connectivity index (χ4n) is 4.01. The number of amides is 1. The highest BCUT2D eigenvalue weighted by molar-refractivity contribution is 6.31. The van der Waals surface area contributed by atoms with Crippen LogP contribution in [0, 0.1) is 6.92 Å². The fourth-order valence-corrected chi connectivity index (χ4v) is 4.18. The molecule has 3 aromatic rings. The molecule has 0 spiro atoms. The van der Waals surface area contributed by atoms with Gasteiger partial charge in [-0.05, 0) is 48.9 Å². The maximum Gasteiger partial charge on any atom is 0.226 e. The van der Waals surface area contributed by atoms with Crippen molar-refractivity contribution in [2.75, 3.05) is 13.1 Å². The first-order valence-corrected chi connectivity index (χ1v) is 9.58. The molecule has 1 aliphatic rings. The van der Waals surface area contributed by atoms with Crippen LogP contribution in [0.5, 0.6) is 0 Å². The number of fused-ring (bicyclic) bond motifs is 1. The summed E-state index contributed by atoms with van der Waals surface area (Å²) in [5, 5.41) is 2.00. The predicted molar refractivity (Wildman–Crippen MR) is 107 cm³/mol. The Kier molecular flexibility index (Phi) is 4.73. The highest BCUT2D eigenvalue weighted by atomic mass is 35.5. The number of benzene rings is 2. The molecule has 0 radical (unpaired) electrons. The minimum atomic E-state index is 0.236. The average Bonchev–Trinajstić information content (AvgIpc) is 3.05. The molecule has 1 N–H and O–H groups in total. The molecule has 1 fully saturated rings. The van der Waals surface area contributed by atoms with Crippen LogP contribution >= 0.6 is 11.6 Å². The molecule has 0 bridgehead atoms. The Morgan fingerprint density at radius 1 is 1.19 bits per heavy atom. The summed E-state index contributed by atoms with van der Waals surface area (Å²) >= 11 is 6.08. The summed E-state index contributed by atoms with van der Waals surface area (Å²) in [6.45, 7) is 3.72. The Labute approximate surface area is 159 Å². The maximum atomic E-state index is 12.6. The second-order valence-corrected chi connectivity index (χ2v) is 7.69. The summed E-state index contributed by atoms with van der Waals surface area (Å²) in [6.07, 6.45) is 4.62. The van der Waals surface area contributed by atoms with Crippen LogP contribution < -0.4 is 0 Å². The van der Waals surface area contributed by atoms with E-state index in [2.05, 4.69) is 36.3 Å². The normalized spacial score (nSPS) is 15.5. The Morgan fingerprint density at radius 2 is 2.00 bits per heavy atom. The molecule has 134 valence electrons. The van der Waals surface area contributed by atoms with Crippen molar-refractivity contribution in [3.05, 3.63) is 70.4 Å². The van der Waals surface area contributed by atoms with Gasteiger partial charge in [-0.2, -0.15) is 0 Å². The van der Waals surface area contributed by atoms with Crippen LogP contribution in [0.15, 0.2) is 48.7 Å². The molecule has 4 heteroatoms. The first-order valence-electron chi connectivity index (χ1n) is 9.20. The lowest BCUT2D eigenvalue weighted by Crippen LogP contribution is -2.38. The van der Waals surface area contributed by atoms with E-state index in [1.165, 1.54) is 16.5 Å². The molecule has 2 aromatic carbocycles. The van der Waals surface area contributed by atoms with E-state index in [4.69, 9.17) is 11.6 Å². The van der Waals surface area contributed by atoms with Crippen molar-refractivity contribution < 1.29 is 4.79 Å². The Hall–Kier alpha value is -2.26. The highest BCUT2D eigenvalue weighted by Crippen LogP contribution is 2.34. The van der Waals surface area contributed by atoms with Crippen LogP contribution in [0.3, 0.4) is 0 Å². The van der Waals surface area contributed by atoms with Crippen LogP contribution in [0.25, 0.3) is 10.9 Å². The zero-order valence-corrected chi connectivity index (χ0v) is 15.7. The molecule has 26 heavy (non-hydrogen) atoms. The number of aryl methyl sites for hydroxylation is 1. The summed E-state index contributed by atoms with van der Waals surface area (Å²) in [5.74, 6) is 0.729. The molecule has 0 atom stereocenters. The van der Waals surface area contributed by atoms with E-state index in [1.54, 1.807) is 0 Å². The quantitative estimate of drug-likeness (QED) is 0.689. The first-order chi connectivity index (χ1) is 12.6. The van der Waals surface area contributed by atoms with Crippen LogP contribution in [0.1, 0.15) is 35.4 Å². The number of carbonyl (C=O) groups is 1. The lowest BCUT2D eigenvalue weighted by atomic mass is 9.89. The lowest BCUT2D eigenvalue weighted by molar-refractivity contribution is -0.131. The molecular formula is C22H23ClN2O. The van der Waals surface area contributed by atoms with E-state index in [0.29, 0.717) is 12.3 Å². The minimum absolute atomic E-state index is 0.236. The highest BCUT2D eigenvalue weighted by Gasteiger charge is 2.25. The monoisotopic (exact) mass is 366 g/mol. The number of halogens is 1. The number of nitrogens with one attached hydrogen (secondary N) is 1. The number of rotatable bonds is 3. The Morgan fingerprint density at radius 3 is 2.77 bits per heavy atom. The second-order valence-electron chi connectivity index (χ2n) is 7.25. The number of hydrogen-bond acceptors (Lipinski definition) is 1. The number of aromatic amines is 1.